The summed E-state index contributed by atoms with van der Waals surface area (Å²) in [6, 6.07) is 45.2. The number of nitrogens with zero attached hydrogens (tertiary/aromatic N) is 2. The van der Waals surface area contributed by atoms with Crippen molar-refractivity contribution in [1.82, 2.24) is 0 Å². The molecule has 4 aromatic carbocycles. The topological polar surface area (TPSA) is 28.3 Å². The Bertz CT molecular complexity index is 1340. The summed E-state index contributed by atoms with van der Waals surface area (Å²) in [5.41, 5.74) is 10.6. The minimum Gasteiger partial charge on any atom is -0.737 e. The Kier molecular flexibility index (Phi) is 6.41. The molecule has 0 atom stereocenters. The van der Waals surface area contributed by atoms with Crippen molar-refractivity contribution < 1.29 is 4.68 Å². The van der Waals surface area contributed by atoms with Crippen LogP contribution in [0.1, 0.15) is 0 Å². The number of aromatic nitrogens is 1. The van der Waals surface area contributed by atoms with Crippen LogP contribution in [-0.4, -0.2) is 5.17 Å². The molecule has 0 bridgehead atoms. The fraction of sp³-hybridized carbons (Fsp3) is 0. The average molecular weight is 458 g/mol. The number of para-hydroxylation sites is 1. The summed E-state index contributed by atoms with van der Waals surface area (Å²) in [6.45, 7) is 0. The third-order valence-corrected chi connectivity index (χ3v) is 5.69. The van der Waals surface area contributed by atoms with Gasteiger partial charge in [-0.3, -0.25) is 4.99 Å². The summed E-state index contributed by atoms with van der Waals surface area (Å²) in [7, 11) is 0. The summed E-state index contributed by atoms with van der Waals surface area (Å²) < 4.78 is 2.03. The monoisotopic (exact) mass is 457 g/mol. The maximum absolute atomic E-state index is 5.66. The van der Waals surface area contributed by atoms with Crippen LogP contribution in [0, 0.1) is 0 Å². The fourth-order valence-corrected chi connectivity index (χ4v) is 4.09. The van der Waals surface area contributed by atoms with Crippen LogP contribution in [0.4, 0.5) is 5.69 Å². The molecule has 164 valence electrons. The Balaban J connectivity index is 1.73. The van der Waals surface area contributed by atoms with Gasteiger partial charge in [-0.05, 0) is 47.5 Å². The molecule has 5 rings (SSSR count). The van der Waals surface area contributed by atoms with E-state index in [0.717, 1.165) is 39.3 Å². The van der Waals surface area contributed by atoms with Crippen LogP contribution in [0.2, 0.25) is 0 Å². The largest absolute Gasteiger partial charge is 0.737 e. The van der Waals surface area contributed by atoms with E-state index in [4.69, 9.17) is 12.6 Å². The van der Waals surface area contributed by atoms with Gasteiger partial charge in [0.25, 0.3) is 0 Å². The van der Waals surface area contributed by atoms with E-state index in [2.05, 4.69) is 71.1 Å². The normalized spacial score (nSPS) is 11.2. The molecule has 3 nitrogen and oxygen atoms in total. The first kappa shape index (κ1) is 21.6. The van der Waals surface area contributed by atoms with E-state index in [1.807, 2.05) is 77.5 Å². The number of nitrogens with one attached hydrogen (secondary N) is 1. The summed E-state index contributed by atoms with van der Waals surface area (Å²) in [4.78, 5) is 4.60. The molecule has 0 saturated heterocycles. The standard InChI is InChI=1S/C30H23N3S/c34-30(31-27-19-11-4-12-20-27)32-33-28(24-15-7-2-8-16-24)21-26(23-13-5-1-6-14-23)22-29(33)25-17-9-3-10-18-25/h1-22H,(H-,31,32,34). The second-order valence-electron chi connectivity index (χ2n) is 7.81. The van der Waals surface area contributed by atoms with Crippen LogP contribution < -0.4 is 10.1 Å². The van der Waals surface area contributed by atoms with Gasteiger partial charge in [0, 0.05) is 28.4 Å². The Hall–Kier alpha value is -4.28. The number of aliphatic imine (C=N–C) groups is 1. The molecule has 0 unspecified atom stereocenters. The molecule has 1 heterocycles. The van der Waals surface area contributed by atoms with E-state index in [9.17, 15) is 0 Å². The third-order valence-electron chi connectivity index (χ3n) is 5.51. The van der Waals surface area contributed by atoms with Gasteiger partial charge in [-0.15, -0.1) is 0 Å². The molecule has 0 amide bonds. The van der Waals surface area contributed by atoms with E-state index < -0.39 is 0 Å². The van der Waals surface area contributed by atoms with Gasteiger partial charge in [0.1, 0.15) is 0 Å². The van der Waals surface area contributed by atoms with E-state index in [1.165, 1.54) is 0 Å². The van der Waals surface area contributed by atoms with Gasteiger partial charge < -0.3 is 12.6 Å². The fourth-order valence-electron chi connectivity index (χ4n) is 3.90. The van der Waals surface area contributed by atoms with E-state index in [1.54, 1.807) is 0 Å². The van der Waals surface area contributed by atoms with Gasteiger partial charge in [-0.25, -0.2) is 0 Å². The summed E-state index contributed by atoms with van der Waals surface area (Å²) in [6.07, 6.45) is 0. The highest BCUT2D eigenvalue weighted by atomic mass is 32.1. The average Bonchev–Trinajstić information content (AvgIpc) is 2.91. The van der Waals surface area contributed by atoms with Crippen molar-refractivity contribution in [3.63, 3.8) is 0 Å². The number of benzene rings is 4. The van der Waals surface area contributed by atoms with Crippen LogP contribution in [0.3, 0.4) is 0 Å². The van der Waals surface area contributed by atoms with Gasteiger partial charge in [-0.1, -0.05) is 89.6 Å². The molecule has 0 saturated carbocycles. The molecular formula is C30H23N3S. The lowest BCUT2D eigenvalue weighted by Crippen LogP contribution is -2.51. The van der Waals surface area contributed by atoms with Crippen molar-refractivity contribution in [1.29, 1.82) is 0 Å². The SMILES string of the molecule is [S-]C(=Nc1ccccc1)N[n+]1c(-c2ccccc2)cc(-c2ccccc2)cc1-c1ccccc1. The van der Waals surface area contributed by atoms with E-state index >= 15 is 0 Å². The quantitative estimate of drug-likeness (QED) is 0.137. The van der Waals surface area contributed by atoms with Crippen LogP contribution in [0.15, 0.2) is 138 Å². The number of amidine groups is 1. The molecule has 0 spiro atoms. The zero-order valence-corrected chi connectivity index (χ0v) is 19.3. The van der Waals surface area contributed by atoms with Crippen molar-refractivity contribution >= 4 is 23.5 Å². The summed E-state index contributed by atoms with van der Waals surface area (Å²) in [5.74, 6) is 0. The van der Waals surface area contributed by atoms with Gasteiger partial charge in [0.2, 0.25) is 11.4 Å². The number of rotatable bonds is 5. The maximum atomic E-state index is 5.66. The molecule has 0 radical (unpaired) electrons. The van der Waals surface area contributed by atoms with Crippen molar-refractivity contribution in [2.24, 2.45) is 4.99 Å². The lowest BCUT2D eigenvalue weighted by Gasteiger charge is -2.16. The molecule has 0 fully saturated rings. The molecule has 5 aromatic rings. The van der Waals surface area contributed by atoms with Crippen molar-refractivity contribution in [3.8, 4) is 33.6 Å². The highest BCUT2D eigenvalue weighted by Gasteiger charge is 2.23. The molecule has 0 aliphatic heterocycles. The van der Waals surface area contributed by atoms with E-state index in [0.29, 0.717) is 5.17 Å². The van der Waals surface area contributed by atoms with Crippen molar-refractivity contribution in [3.05, 3.63) is 133 Å². The molecule has 4 heteroatoms. The highest BCUT2D eigenvalue weighted by molar-refractivity contribution is 7.77. The van der Waals surface area contributed by atoms with Crippen LogP contribution in [0.5, 0.6) is 0 Å². The van der Waals surface area contributed by atoms with Gasteiger partial charge >= 0.3 is 0 Å². The highest BCUT2D eigenvalue weighted by Crippen LogP contribution is 2.28. The summed E-state index contributed by atoms with van der Waals surface area (Å²) >= 11 is 5.66. The molecular weight excluding hydrogens is 434 g/mol. The number of hydrogen-bond acceptors (Lipinski definition) is 2. The zero-order chi connectivity index (χ0) is 23.2. The first-order chi connectivity index (χ1) is 16.8. The Labute approximate surface area is 205 Å². The summed E-state index contributed by atoms with van der Waals surface area (Å²) in [5, 5.41) is 0.387. The second kappa shape index (κ2) is 10.1. The van der Waals surface area contributed by atoms with Crippen molar-refractivity contribution in [2.75, 3.05) is 5.43 Å². The lowest BCUT2D eigenvalue weighted by molar-refractivity contribution is -0.616. The zero-order valence-electron chi connectivity index (χ0n) is 18.5. The minimum atomic E-state index is 0.387. The third kappa shape index (κ3) is 4.87. The maximum Gasteiger partial charge on any atom is 0.244 e. The Morgan fingerprint density at radius 3 is 1.41 bits per heavy atom. The number of pyridine rings is 1. The second-order valence-corrected chi connectivity index (χ2v) is 8.20. The smallest absolute Gasteiger partial charge is 0.244 e. The van der Waals surface area contributed by atoms with E-state index in [-0.39, 0.29) is 0 Å². The van der Waals surface area contributed by atoms with Gasteiger partial charge in [0.15, 0.2) is 0 Å². The van der Waals surface area contributed by atoms with Crippen LogP contribution >= 0.6 is 0 Å². The molecule has 0 aliphatic carbocycles. The lowest BCUT2D eigenvalue weighted by atomic mass is 10.00. The van der Waals surface area contributed by atoms with Gasteiger partial charge in [0.05, 0.1) is 5.69 Å². The van der Waals surface area contributed by atoms with Crippen LogP contribution in [0.25, 0.3) is 33.6 Å². The predicted octanol–water partition coefficient (Wildman–Crippen LogP) is 6.75. The first-order valence-corrected chi connectivity index (χ1v) is 11.5. The predicted molar refractivity (Wildman–Crippen MR) is 143 cm³/mol. The molecule has 1 aromatic heterocycles. The van der Waals surface area contributed by atoms with Crippen molar-refractivity contribution in [2.45, 2.75) is 0 Å². The van der Waals surface area contributed by atoms with Gasteiger partial charge in [-0.2, -0.15) is 5.43 Å². The first-order valence-electron chi connectivity index (χ1n) is 11.1. The molecule has 34 heavy (non-hydrogen) atoms. The molecule has 0 aliphatic rings. The molecule has 1 N–H and O–H groups in total. The van der Waals surface area contributed by atoms with Crippen LogP contribution in [-0.2, 0) is 12.6 Å². The minimum absolute atomic E-state index is 0.387. The Morgan fingerprint density at radius 1 is 0.529 bits per heavy atom. The number of hydrogen-bond donors (Lipinski definition) is 1. The Morgan fingerprint density at radius 2 is 0.941 bits per heavy atom.